The normalized spacial score (nSPS) is 12.8. The SMILES string of the molecule is Cc1csc(NC(=O)c2cccc(N3C(=O)c4cccc([N+](=O)[O-])c4C3=O)c2)n1. The summed E-state index contributed by atoms with van der Waals surface area (Å²) in [7, 11) is 0. The van der Waals surface area contributed by atoms with E-state index < -0.39 is 28.3 Å². The van der Waals surface area contributed by atoms with Crippen molar-refractivity contribution in [2.45, 2.75) is 6.92 Å². The van der Waals surface area contributed by atoms with Crippen molar-refractivity contribution < 1.29 is 19.3 Å². The predicted octanol–water partition coefficient (Wildman–Crippen LogP) is 3.41. The highest BCUT2D eigenvalue weighted by molar-refractivity contribution is 7.13. The number of aromatic nitrogens is 1. The third-order valence-corrected chi connectivity index (χ3v) is 5.17. The first-order valence-corrected chi connectivity index (χ1v) is 9.24. The average Bonchev–Trinajstić information content (AvgIpc) is 3.22. The van der Waals surface area contributed by atoms with E-state index >= 15 is 0 Å². The highest BCUT2D eigenvalue weighted by Crippen LogP contribution is 2.34. The number of amides is 3. The molecule has 0 saturated carbocycles. The van der Waals surface area contributed by atoms with Gasteiger partial charge in [0.1, 0.15) is 5.56 Å². The molecule has 0 radical (unpaired) electrons. The maximum Gasteiger partial charge on any atom is 0.283 e. The molecule has 0 saturated heterocycles. The van der Waals surface area contributed by atoms with Crippen LogP contribution < -0.4 is 10.2 Å². The summed E-state index contributed by atoms with van der Waals surface area (Å²) >= 11 is 1.27. The molecule has 1 aliphatic heterocycles. The molecule has 1 aromatic heterocycles. The summed E-state index contributed by atoms with van der Waals surface area (Å²) in [6.07, 6.45) is 0. The van der Waals surface area contributed by atoms with Gasteiger partial charge in [-0.05, 0) is 31.2 Å². The fourth-order valence-corrected chi connectivity index (χ4v) is 3.70. The Labute approximate surface area is 167 Å². The van der Waals surface area contributed by atoms with Gasteiger partial charge in [-0.3, -0.25) is 29.8 Å². The van der Waals surface area contributed by atoms with E-state index in [4.69, 9.17) is 0 Å². The Balaban J connectivity index is 1.67. The maximum absolute atomic E-state index is 12.8. The maximum atomic E-state index is 12.8. The van der Waals surface area contributed by atoms with Crippen molar-refractivity contribution in [3.05, 3.63) is 80.3 Å². The summed E-state index contributed by atoms with van der Waals surface area (Å²) in [6.45, 7) is 1.80. The molecular formula is C19H12N4O5S. The Bertz CT molecular complexity index is 1200. The van der Waals surface area contributed by atoms with Crippen molar-refractivity contribution in [1.29, 1.82) is 0 Å². The van der Waals surface area contributed by atoms with Crippen LogP contribution in [0.1, 0.15) is 36.8 Å². The molecule has 144 valence electrons. The zero-order valence-corrected chi connectivity index (χ0v) is 15.7. The van der Waals surface area contributed by atoms with Crippen LogP contribution in [0.15, 0.2) is 47.8 Å². The minimum Gasteiger partial charge on any atom is -0.298 e. The summed E-state index contributed by atoms with van der Waals surface area (Å²) in [5.41, 5.74) is 0.394. The monoisotopic (exact) mass is 408 g/mol. The number of hydrogen-bond acceptors (Lipinski definition) is 7. The number of fused-ring (bicyclic) bond motifs is 1. The van der Waals surface area contributed by atoms with Gasteiger partial charge < -0.3 is 0 Å². The fourth-order valence-electron chi connectivity index (χ4n) is 3.02. The van der Waals surface area contributed by atoms with E-state index in [0.717, 1.165) is 10.6 Å². The number of nitrogens with zero attached hydrogens (tertiary/aromatic N) is 3. The van der Waals surface area contributed by atoms with Gasteiger partial charge in [-0.15, -0.1) is 11.3 Å². The molecule has 0 atom stereocenters. The molecule has 4 rings (SSSR count). The van der Waals surface area contributed by atoms with Crippen LogP contribution in [0.5, 0.6) is 0 Å². The zero-order valence-electron chi connectivity index (χ0n) is 14.9. The third kappa shape index (κ3) is 3.15. The summed E-state index contributed by atoms with van der Waals surface area (Å²) in [5.74, 6) is -1.93. The number of aryl methyl sites for hydroxylation is 1. The van der Waals surface area contributed by atoms with Gasteiger partial charge in [-0.1, -0.05) is 12.1 Å². The van der Waals surface area contributed by atoms with Crippen molar-refractivity contribution in [3.8, 4) is 0 Å². The van der Waals surface area contributed by atoms with E-state index in [-0.39, 0.29) is 22.4 Å². The number of nitro benzene ring substituents is 1. The Kier molecular flexibility index (Phi) is 4.40. The molecule has 0 unspecified atom stereocenters. The minimum atomic E-state index is -0.801. The van der Waals surface area contributed by atoms with Crippen LogP contribution in [-0.2, 0) is 0 Å². The first-order chi connectivity index (χ1) is 13.9. The second-order valence-electron chi connectivity index (χ2n) is 6.20. The molecule has 0 bridgehead atoms. The van der Waals surface area contributed by atoms with Crippen LogP contribution >= 0.6 is 11.3 Å². The summed E-state index contributed by atoms with van der Waals surface area (Å²) < 4.78 is 0. The molecule has 2 heterocycles. The lowest BCUT2D eigenvalue weighted by molar-refractivity contribution is -0.385. The molecule has 29 heavy (non-hydrogen) atoms. The van der Waals surface area contributed by atoms with Gasteiger partial charge in [0.2, 0.25) is 0 Å². The van der Waals surface area contributed by atoms with Crippen LogP contribution in [-0.4, -0.2) is 27.6 Å². The molecule has 0 spiro atoms. The second kappa shape index (κ2) is 6.91. The lowest BCUT2D eigenvalue weighted by Gasteiger charge is -2.14. The van der Waals surface area contributed by atoms with E-state index in [1.165, 1.54) is 53.8 Å². The van der Waals surface area contributed by atoms with Gasteiger partial charge in [0, 0.05) is 17.0 Å². The number of benzene rings is 2. The number of anilines is 2. The van der Waals surface area contributed by atoms with Crippen molar-refractivity contribution in [2.24, 2.45) is 0 Å². The highest BCUT2D eigenvalue weighted by Gasteiger charge is 2.41. The Morgan fingerprint density at radius 1 is 1.17 bits per heavy atom. The lowest BCUT2D eigenvalue weighted by atomic mass is 10.1. The number of carbonyl (C=O) groups is 3. The summed E-state index contributed by atoms with van der Waals surface area (Å²) in [5, 5.41) is 16.1. The molecule has 9 nitrogen and oxygen atoms in total. The molecule has 0 aliphatic carbocycles. The van der Waals surface area contributed by atoms with Gasteiger partial charge in [0.15, 0.2) is 5.13 Å². The molecule has 0 fully saturated rings. The quantitative estimate of drug-likeness (QED) is 0.401. The fraction of sp³-hybridized carbons (Fsp3) is 0.0526. The van der Waals surface area contributed by atoms with E-state index in [2.05, 4.69) is 10.3 Å². The van der Waals surface area contributed by atoms with Crippen molar-refractivity contribution in [1.82, 2.24) is 4.98 Å². The average molecular weight is 408 g/mol. The lowest BCUT2D eigenvalue weighted by Crippen LogP contribution is -2.29. The van der Waals surface area contributed by atoms with Crippen LogP contribution in [0.3, 0.4) is 0 Å². The molecule has 10 heteroatoms. The Morgan fingerprint density at radius 2 is 1.93 bits per heavy atom. The minimum absolute atomic E-state index is 0.0442. The second-order valence-corrected chi connectivity index (χ2v) is 7.06. The topological polar surface area (TPSA) is 123 Å². The van der Waals surface area contributed by atoms with Crippen molar-refractivity contribution in [2.75, 3.05) is 10.2 Å². The largest absolute Gasteiger partial charge is 0.298 e. The summed E-state index contributed by atoms with van der Waals surface area (Å²) in [6, 6.07) is 9.80. The van der Waals surface area contributed by atoms with Crippen LogP contribution in [0.4, 0.5) is 16.5 Å². The van der Waals surface area contributed by atoms with Gasteiger partial charge in [-0.25, -0.2) is 9.88 Å². The zero-order chi connectivity index (χ0) is 20.7. The first-order valence-electron chi connectivity index (χ1n) is 8.36. The van der Waals surface area contributed by atoms with E-state index in [0.29, 0.717) is 5.13 Å². The van der Waals surface area contributed by atoms with Crippen LogP contribution in [0.25, 0.3) is 0 Å². The van der Waals surface area contributed by atoms with Gasteiger partial charge in [0.25, 0.3) is 23.4 Å². The number of thiazole rings is 1. The van der Waals surface area contributed by atoms with Crippen molar-refractivity contribution >= 4 is 45.6 Å². The Hall–Kier alpha value is -3.92. The third-order valence-electron chi connectivity index (χ3n) is 4.30. The summed E-state index contributed by atoms with van der Waals surface area (Å²) in [4.78, 5) is 53.6. The Morgan fingerprint density at radius 3 is 2.62 bits per heavy atom. The molecule has 2 aromatic carbocycles. The van der Waals surface area contributed by atoms with Gasteiger partial charge in [-0.2, -0.15) is 0 Å². The van der Waals surface area contributed by atoms with Gasteiger partial charge >= 0.3 is 0 Å². The molecule has 1 aliphatic rings. The molecule has 3 amide bonds. The number of imide groups is 1. The first kappa shape index (κ1) is 18.4. The smallest absolute Gasteiger partial charge is 0.283 e. The van der Waals surface area contributed by atoms with Crippen LogP contribution in [0.2, 0.25) is 0 Å². The number of hydrogen-bond donors (Lipinski definition) is 1. The highest BCUT2D eigenvalue weighted by atomic mass is 32.1. The van der Waals surface area contributed by atoms with E-state index in [9.17, 15) is 24.5 Å². The predicted molar refractivity (Wildman–Crippen MR) is 105 cm³/mol. The number of nitrogens with one attached hydrogen (secondary N) is 1. The van der Waals surface area contributed by atoms with Gasteiger partial charge in [0.05, 0.1) is 21.9 Å². The van der Waals surface area contributed by atoms with Crippen LogP contribution in [0, 0.1) is 17.0 Å². The number of nitro groups is 1. The van der Waals surface area contributed by atoms with E-state index in [1.54, 1.807) is 12.3 Å². The number of rotatable bonds is 4. The van der Waals surface area contributed by atoms with Crippen molar-refractivity contribution in [3.63, 3.8) is 0 Å². The molecule has 1 N–H and O–H groups in total. The molecule has 3 aromatic rings. The standard InChI is InChI=1S/C19H12N4O5S/c1-10-9-29-19(20-10)21-16(24)11-4-2-5-12(8-11)22-17(25)13-6-3-7-14(23(27)28)15(13)18(22)26/h2-9H,1H3,(H,20,21,24). The molecular weight excluding hydrogens is 396 g/mol. The number of carbonyl (C=O) groups excluding carboxylic acids is 3. The van der Waals surface area contributed by atoms with E-state index in [1.807, 2.05) is 0 Å².